The van der Waals surface area contributed by atoms with E-state index in [2.05, 4.69) is 31.6 Å². The first-order chi connectivity index (χ1) is 13.2. The Morgan fingerprint density at radius 3 is 2.70 bits per heavy atom. The van der Waals surface area contributed by atoms with Crippen LogP contribution in [0.5, 0.6) is 0 Å². The van der Waals surface area contributed by atoms with Crippen molar-refractivity contribution < 1.29 is 4.79 Å². The summed E-state index contributed by atoms with van der Waals surface area (Å²) >= 11 is 0. The van der Waals surface area contributed by atoms with Crippen molar-refractivity contribution in [2.45, 2.75) is 19.9 Å². The van der Waals surface area contributed by atoms with Crippen LogP contribution in [0.1, 0.15) is 16.8 Å². The topological polar surface area (TPSA) is 70.2 Å². The zero-order valence-electron chi connectivity index (χ0n) is 15.1. The normalized spacial score (nSPS) is 13.0. The molecule has 2 N–H and O–H groups in total. The minimum absolute atomic E-state index is 0.235. The molecular weight excluding hydrogens is 338 g/mol. The van der Waals surface area contributed by atoms with Gasteiger partial charge in [-0.15, -0.1) is 0 Å². The fraction of sp³-hybridized carbons (Fsp3) is 0.190. The molecule has 0 fully saturated rings. The van der Waals surface area contributed by atoms with Crippen LogP contribution < -0.4 is 15.5 Å². The minimum Gasteiger partial charge on any atom is -0.351 e. The summed E-state index contributed by atoms with van der Waals surface area (Å²) in [7, 11) is 0. The number of hydrogen-bond acceptors (Lipinski definition) is 4. The molecule has 0 spiro atoms. The number of fused-ring (bicyclic) bond motifs is 1. The van der Waals surface area contributed by atoms with Gasteiger partial charge in [-0.3, -0.25) is 4.98 Å². The van der Waals surface area contributed by atoms with Crippen LogP contribution in [0.15, 0.2) is 60.9 Å². The second kappa shape index (κ2) is 7.45. The molecule has 3 aromatic rings. The van der Waals surface area contributed by atoms with Gasteiger partial charge in [-0.1, -0.05) is 30.3 Å². The lowest BCUT2D eigenvalue weighted by atomic mass is 9.98. The van der Waals surface area contributed by atoms with E-state index in [0.29, 0.717) is 0 Å². The molecule has 1 aromatic heterocycles. The van der Waals surface area contributed by atoms with Crippen LogP contribution in [0.25, 0.3) is 0 Å². The molecular formula is C21H21N5O. The Labute approximate surface area is 158 Å². The molecule has 0 saturated heterocycles. The Morgan fingerprint density at radius 1 is 1.04 bits per heavy atom. The van der Waals surface area contributed by atoms with Crippen LogP contribution in [0.2, 0.25) is 0 Å². The number of aryl methyl sites for hydroxylation is 1. The van der Waals surface area contributed by atoms with E-state index in [0.717, 1.165) is 42.4 Å². The summed E-state index contributed by atoms with van der Waals surface area (Å²) in [6.07, 6.45) is 4.40. The first-order valence-electron chi connectivity index (χ1n) is 8.96. The highest BCUT2D eigenvalue weighted by Gasteiger charge is 2.20. The number of nitrogens with one attached hydrogen (secondary N) is 2. The number of urea groups is 1. The number of benzene rings is 2. The highest BCUT2D eigenvalue weighted by atomic mass is 16.2. The average molecular weight is 359 g/mol. The van der Waals surface area contributed by atoms with E-state index >= 15 is 0 Å². The summed E-state index contributed by atoms with van der Waals surface area (Å²) in [6, 6.07) is 15.2. The SMILES string of the molecule is Cc1cncc(N2CCc3c(cccc3NC(=O)Nc3ccccc3)C2)n1. The van der Waals surface area contributed by atoms with Crippen molar-refractivity contribution in [1.82, 2.24) is 9.97 Å². The quantitative estimate of drug-likeness (QED) is 0.742. The van der Waals surface area contributed by atoms with Crippen molar-refractivity contribution in [2.75, 3.05) is 22.1 Å². The lowest BCUT2D eigenvalue weighted by Gasteiger charge is -2.31. The van der Waals surface area contributed by atoms with Crippen molar-refractivity contribution in [3.63, 3.8) is 0 Å². The van der Waals surface area contributed by atoms with Crippen molar-refractivity contribution in [1.29, 1.82) is 0 Å². The zero-order chi connectivity index (χ0) is 18.6. The summed E-state index contributed by atoms with van der Waals surface area (Å²) in [5.41, 5.74) is 4.91. The van der Waals surface area contributed by atoms with E-state index in [1.54, 1.807) is 12.4 Å². The first-order valence-corrected chi connectivity index (χ1v) is 8.96. The standard InChI is InChI=1S/C21H21N5O/c1-15-12-22-13-20(23-15)26-11-10-18-16(14-26)6-5-9-19(18)25-21(27)24-17-7-3-2-4-8-17/h2-9,12-13H,10-11,14H2,1H3,(H2,24,25,27). The van der Waals surface area contributed by atoms with Crippen LogP contribution in [0.3, 0.4) is 0 Å². The van der Waals surface area contributed by atoms with Gasteiger partial charge in [0.25, 0.3) is 0 Å². The lowest BCUT2D eigenvalue weighted by Crippen LogP contribution is -2.32. The number of hydrogen-bond donors (Lipinski definition) is 2. The zero-order valence-corrected chi connectivity index (χ0v) is 15.1. The predicted molar refractivity (Wildman–Crippen MR) is 107 cm³/mol. The van der Waals surface area contributed by atoms with Gasteiger partial charge in [0.05, 0.1) is 11.9 Å². The molecule has 0 radical (unpaired) electrons. The minimum atomic E-state index is -0.235. The molecule has 6 heteroatoms. The predicted octanol–water partition coefficient (Wildman–Crippen LogP) is 3.99. The average Bonchev–Trinajstić information content (AvgIpc) is 2.68. The van der Waals surface area contributed by atoms with Crippen LogP contribution in [0, 0.1) is 6.92 Å². The van der Waals surface area contributed by atoms with Gasteiger partial charge in [-0.2, -0.15) is 0 Å². The summed E-state index contributed by atoms with van der Waals surface area (Å²) in [5, 5.41) is 5.85. The van der Waals surface area contributed by atoms with Gasteiger partial charge < -0.3 is 15.5 Å². The van der Waals surface area contributed by atoms with Crippen molar-refractivity contribution >= 4 is 23.2 Å². The molecule has 2 heterocycles. The van der Waals surface area contributed by atoms with E-state index in [1.807, 2.05) is 49.4 Å². The van der Waals surface area contributed by atoms with Gasteiger partial charge in [-0.25, -0.2) is 9.78 Å². The van der Waals surface area contributed by atoms with E-state index in [1.165, 1.54) is 11.1 Å². The third kappa shape index (κ3) is 3.89. The van der Waals surface area contributed by atoms with E-state index in [4.69, 9.17) is 0 Å². The van der Waals surface area contributed by atoms with Gasteiger partial charge in [0.15, 0.2) is 0 Å². The third-order valence-electron chi connectivity index (χ3n) is 4.61. The third-order valence-corrected chi connectivity index (χ3v) is 4.61. The van der Waals surface area contributed by atoms with Gasteiger partial charge in [0.1, 0.15) is 5.82 Å². The molecule has 1 aliphatic heterocycles. The first kappa shape index (κ1) is 17.0. The second-order valence-corrected chi connectivity index (χ2v) is 6.58. The smallest absolute Gasteiger partial charge is 0.323 e. The van der Waals surface area contributed by atoms with E-state index in [-0.39, 0.29) is 6.03 Å². The molecule has 0 aliphatic carbocycles. The summed E-state index contributed by atoms with van der Waals surface area (Å²) in [5.74, 6) is 0.890. The second-order valence-electron chi connectivity index (χ2n) is 6.58. The largest absolute Gasteiger partial charge is 0.351 e. The van der Waals surface area contributed by atoms with Crippen molar-refractivity contribution in [3.8, 4) is 0 Å². The molecule has 27 heavy (non-hydrogen) atoms. The van der Waals surface area contributed by atoms with Crippen LogP contribution in [-0.4, -0.2) is 22.5 Å². The molecule has 2 amide bonds. The van der Waals surface area contributed by atoms with Gasteiger partial charge in [0, 0.05) is 30.7 Å². The number of anilines is 3. The summed E-state index contributed by atoms with van der Waals surface area (Å²) in [6.45, 7) is 3.54. The van der Waals surface area contributed by atoms with E-state index < -0.39 is 0 Å². The highest BCUT2D eigenvalue weighted by molar-refractivity contribution is 6.00. The fourth-order valence-corrected chi connectivity index (χ4v) is 3.33. The molecule has 2 aromatic carbocycles. The van der Waals surface area contributed by atoms with Crippen LogP contribution in [0.4, 0.5) is 22.0 Å². The number of aromatic nitrogens is 2. The Morgan fingerprint density at radius 2 is 1.89 bits per heavy atom. The van der Waals surface area contributed by atoms with Crippen molar-refractivity contribution in [3.05, 3.63) is 77.7 Å². The molecule has 0 unspecified atom stereocenters. The number of nitrogens with zero attached hydrogens (tertiary/aromatic N) is 3. The lowest BCUT2D eigenvalue weighted by molar-refractivity contribution is 0.262. The maximum absolute atomic E-state index is 12.3. The van der Waals surface area contributed by atoms with Gasteiger partial charge in [0.2, 0.25) is 0 Å². The van der Waals surface area contributed by atoms with Crippen LogP contribution in [-0.2, 0) is 13.0 Å². The number of para-hydroxylation sites is 1. The molecule has 0 atom stereocenters. The maximum Gasteiger partial charge on any atom is 0.323 e. The number of rotatable bonds is 3. The molecule has 1 aliphatic rings. The number of amides is 2. The van der Waals surface area contributed by atoms with Crippen molar-refractivity contribution in [2.24, 2.45) is 0 Å². The molecule has 0 saturated carbocycles. The Bertz CT molecular complexity index is 958. The Hall–Kier alpha value is -3.41. The van der Waals surface area contributed by atoms with Crippen LogP contribution >= 0.6 is 0 Å². The molecule has 4 rings (SSSR count). The fourth-order valence-electron chi connectivity index (χ4n) is 3.33. The molecule has 136 valence electrons. The van der Waals surface area contributed by atoms with Gasteiger partial charge in [-0.05, 0) is 42.7 Å². The maximum atomic E-state index is 12.3. The highest BCUT2D eigenvalue weighted by Crippen LogP contribution is 2.28. The monoisotopic (exact) mass is 359 g/mol. The summed E-state index contributed by atoms with van der Waals surface area (Å²) in [4.78, 5) is 23.4. The Balaban J connectivity index is 1.49. The number of carbonyl (C=O) groups excluding carboxylic acids is 1. The molecule has 0 bridgehead atoms. The summed E-state index contributed by atoms with van der Waals surface area (Å²) < 4.78 is 0. The Kier molecular flexibility index (Phi) is 4.70. The molecule has 6 nitrogen and oxygen atoms in total. The van der Waals surface area contributed by atoms with Gasteiger partial charge >= 0.3 is 6.03 Å². The van der Waals surface area contributed by atoms with E-state index in [9.17, 15) is 4.79 Å². The number of carbonyl (C=O) groups is 1.